The molecule has 0 bridgehead atoms. The van der Waals surface area contributed by atoms with Gasteiger partial charge in [-0.15, -0.1) is 11.8 Å². The van der Waals surface area contributed by atoms with Crippen LogP contribution in [0.5, 0.6) is 0 Å². The number of benzene rings is 3. The highest BCUT2D eigenvalue weighted by Gasteiger charge is 2.69. The first-order chi connectivity index (χ1) is 16.5. The minimum atomic E-state index is -1.17. The predicted molar refractivity (Wildman–Crippen MR) is 130 cm³/mol. The number of hydrogen-bond donors (Lipinski definition) is 1. The number of carbonyl (C=O) groups excluding carboxylic acids is 2. The van der Waals surface area contributed by atoms with E-state index >= 15 is 0 Å². The lowest BCUT2D eigenvalue weighted by Crippen LogP contribution is -2.52. The van der Waals surface area contributed by atoms with Crippen LogP contribution in [-0.4, -0.2) is 39.2 Å². The number of nitrogens with one attached hydrogen (secondary N) is 1. The number of thioether (sulfide) groups is 1. The maximum absolute atomic E-state index is 14.2. The topological polar surface area (TPSA) is 92.5 Å². The van der Waals surface area contributed by atoms with Crippen molar-refractivity contribution in [3.05, 3.63) is 106 Å². The number of nitro benzene ring substituents is 1. The molecule has 34 heavy (non-hydrogen) atoms. The number of fused-ring (bicyclic) bond motifs is 4. The second kappa shape index (κ2) is 7.78. The second-order valence-electron chi connectivity index (χ2n) is 8.89. The standard InChI is InChI=1S/C26H21N3O4S/c30-24(16-7-2-1-3-8-16)23-22(17-9-6-10-18(13-17)29(32)33)21-14-34-15-28(21)26(23)19-11-4-5-12-20(19)27-25(26)31/h1-13,21-23H,14-15H2,(H,27,31)/t21-,22+,23+,26+/m0/s1. The Balaban J connectivity index is 1.62. The van der Waals surface area contributed by atoms with Crippen molar-refractivity contribution in [2.75, 3.05) is 16.9 Å². The van der Waals surface area contributed by atoms with Crippen LogP contribution in [-0.2, 0) is 10.3 Å². The number of rotatable bonds is 4. The molecule has 3 aliphatic heterocycles. The van der Waals surface area contributed by atoms with Crippen LogP contribution in [0.2, 0.25) is 0 Å². The van der Waals surface area contributed by atoms with Gasteiger partial charge in [0.25, 0.3) is 5.69 Å². The second-order valence-corrected chi connectivity index (χ2v) is 9.89. The molecule has 3 heterocycles. The summed E-state index contributed by atoms with van der Waals surface area (Å²) in [5.41, 5.74) is 1.58. The highest BCUT2D eigenvalue weighted by molar-refractivity contribution is 7.99. The molecule has 3 aromatic carbocycles. The molecule has 1 spiro atoms. The van der Waals surface area contributed by atoms with Crippen molar-refractivity contribution >= 4 is 34.8 Å². The van der Waals surface area contributed by atoms with Crippen molar-refractivity contribution in [3.8, 4) is 0 Å². The van der Waals surface area contributed by atoms with Crippen molar-refractivity contribution in [2.45, 2.75) is 17.5 Å². The summed E-state index contributed by atoms with van der Waals surface area (Å²) in [6, 6.07) is 23.0. The summed E-state index contributed by atoms with van der Waals surface area (Å²) in [5, 5.41) is 14.6. The molecule has 1 amide bonds. The molecule has 0 unspecified atom stereocenters. The quantitative estimate of drug-likeness (QED) is 0.344. The highest BCUT2D eigenvalue weighted by Crippen LogP contribution is 2.61. The van der Waals surface area contributed by atoms with E-state index in [-0.39, 0.29) is 29.3 Å². The Morgan fingerprint density at radius 1 is 1.06 bits per heavy atom. The highest BCUT2D eigenvalue weighted by atomic mass is 32.2. The fourth-order valence-corrected chi connectivity index (χ4v) is 7.36. The van der Waals surface area contributed by atoms with E-state index in [0.717, 1.165) is 16.9 Å². The Kier molecular flexibility index (Phi) is 4.82. The van der Waals surface area contributed by atoms with E-state index in [0.29, 0.717) is 17.1 Å². The molecule has 0 radical (unpaired) electrons. The number of ketones is 1. The third-order valence-corrected chi connectivity index (χ3v) is 8.37. The molecule has 3 aromatic rings. The number of Topliss-reactive ketones (excluding diaryl/α,β-unsaturated/α-hetero) is 1. The Morgan fingerprint density at radius 3 is 2.62 bits per heavy atom. The number of non-ortho nitro benzene ring substituents is 1. The number of amides is 1. The molecule has 1 N–H and O–H groups in total. The zero-order valence-electron chi connectivity index (χ0n) is 18.1. The van der Waals surface area contributed by atoms with E-state index in [9.17, 15) is 19.7 Å². The monoisotopic (exact) mass is 471 g/mol. The normalized spacial score (nSPS) is 27.4. The van der Waals surface area contributed by atoms with Crippen LogP contribution in [0.1, 0.15) is 27.4 Å². The fourth-order valence-electron chi connectivity index (χ4n) is 6.03. The first-order valence-electron chi connectivity index (χ1n) is 11.1. The molecule has 2 saturated heterocycles. The van der Waals surface area contributed by atoms with Crippen LogP contribution in [0.15, 0.2) is 78.9 Å². The minimum absolute atomic E-state index is 0.0159. The molecular weight excluding hydrogens is 450 g/mol. The molecule has 8 heteroatoms. The third kappa shape index (κ3) is 2.82. The maximum Gasteiger partial charge on any atom is 0.269 e. The molecule has 3 aliphatic rings. The van der Waals surface area contributed by atoms with Gasteiger partial charge in [0.2, 0.25) is 5.91 Å². The number of carbonyl (C=O) groups is 2. The van der Waals surface area contributed by atoms with Crippen LogP contribution in [0.25, 0.3) is 0 Å². The zero-order valence-corrected chi connectivity index (χ0v) is 18.9. The largest absolute Gasteiger partial charge is 0.324 e. The molecule has 2 fully saturated rings. The predicted octanol–water partition coefficient (Wildman–Crippen LogP) is 4.41. The summed E-state index contributed by atoms with van der Waals surface area (Å²) >= 11 is 1.72. The van der Waals surface area contributed by atoms with Gasteiger partial charge in [-0.25, -0.2) is 0 Å². The molecule has 7 nitrogen and oxygen atoms in total. The van der Waals surface area contributed by atoms with E-state index in [1.165, 1.54) is 6.07 Å². The summed E-state index contributed by atoms with van der Waals surface area (Å²) in [4.78, 5) is 41.4. The number of anilines is 1. The molecule has 6 rings (SSSR count). The van der Waals surface area contributed by atoms with Crippen molar-refractivity contribution in [3.63, 3.8) is 0 Å². The third-order valence-electron chi connectivity index (χ3n) is 7.33. The van der Waals surface area contributed by atoms with Crippen LogP contribution in [0.3, 0.4) is 0 Å². The van der Waals surface area contributed by atoms with Crippen LogP contribution in [0, 0.1) is 16.0 Å². The Bertz CT molecular complexity index is 1330. The molecular formula is C26H21N3O4S. The van der Waals surface area contributed by atoms with Gasteiger partial charge in [-0.1, -0.05) is 60.7 Å². The minimum Gasteiger partial charge on any atom is -0.324 e. The van der Waals surface area contributed by atoms with Crippen molar-refractivity contribution < 1.29 is 14.5 Å². The van der Waals surface area contributed by atoms with Gasteiger partial charge in [-0.3, -0.25) is 24.6 Å². The van der Waals surface area contributed by atoms with Gasteiger partial charge in [0.15, 0.2) is 5.78 Å². The Morgan fingerprint density at radius 2 is 1.82 bits per heavy atom. The van der Waals surface area contributed by atoms with Gasteiger partial charge >= 0.3 is 0 Å². The smallest absolute Gasteiger partial charge is 0.269 e. The molecule has 0 saturated carbocycles. The lowest BCUT2D eigenvalue weighted by Gasteiger charge is -2.36. The van der Waals surface area contributed by atoms with Gasteiger partial charge in [0.1, 0.15) is 5.54 Å². The van der Waals surface area contributed by atoms with E-state index in [2.05, 4.69) is 10.2 Å². The van der Waals surface area contributed by atoms with Crippen LogP contribution >= 0.6 is 11.8 Å². The molecule has 0 aromatic heterocycles. The van der Waals surface area contributed by atoms with Gasteiger partial charge in [-0.05, 0) is 11.6 Å². The summed E-state index contributed by atoms with van der Waals surface area (Å²) in [6.45, 7) is 0. The van der Waals surface area contributed by atoms with Crippen molar-refractivity contribution in [1.29, 1.82) is 0 Å². The van der Waals surface area contributed by atoms with Gasteiger partial charge in [0.05, 0.1) is 10.8 Å². The lowest BCUT2D eigenvalue weighted by molar-refractivity contribution is -0.384. The Labute approximate surface area is 200 Å². The van der Waals surface area contributed by atoms with Gasteiger partial charge < -0.3 is 5.32 Å². The van der Waals surface area contributed by atoms with Crippen molar-refractivity contribution in [2.24, 2.45) is 5.92 Å². The fraction of sp³-hybridized carbons (Fsp3) is 0.231. The van der Waals surface area contributed by atoms with Gasteiger partial charge in [0, 0.05) is 52.5 Å². The number of nitrogens with zero attached hydrogens (tertiary/aromatic N) is 2. The van der Waals surface area contributed by atoms with E-state index < -0.39 is 16.4 Å². The number of para-hydroxylation sites is 1. The van der Waals surface area contributed by atoms with Gasteiger partial charge in [-0.2, -0.15) is 0 Å². The van der Waals surface area contributed by atoms with Crippen molar-refractivity contribution in [1.82, 2.24) is 4.90 Å². The molecule has 4 atom stereocenters. The molecule has 0 aliphatic carbocycles. The first kappa shape index (κ1) is 21.1. The average molecular weight is 472 g/mol. The summed E-state index contributed by atoms with van der Waals surface area (Å²) in [5.74, 6) is -0.0859. The SMILES string of the molecule is O=C(c1ccccc1)[C@H]1[C@H](c2cccc([N+](=O)[O-])c2)[C@@H]2CSCN2[C@@]12C(=O)Nc1ccccc12. The lowest BCUT2D eigenvalue weighted by atomic mass is 9.69. The first-order valence-corrected chi connectivity index (χ1v) is 12.3. The average Bonchev–Trinajstić information content (AvgIpc) is 3.52. The maximum atomic E-state index is 14.2. The van der Waals surface area contributed by atoms with E-state index in [1.807, 2.05) is 48.5 Å². The Hall–Kier alpha value is -3.49. The van der Waals surface area contributed by atoms with E-state index in [1.54, 1.807) is 36.0 Å². The summed E-state index contributed by atoms with van der Waals surface area (Å²) < 4.78 is 0. The van der Waals surface area contributed by atoms with Crippen LogP contribution < -0.4 is 5.32 Å². The zero-order chi connectivity index (χ0) is 23.4. The number of nitro groups is 1. The summed E-state index contributed by atoms with van der Waals surface area (Å²) in [7, 11) is 0. The molecule has 170 valence electrons. The van der Waals surface area contributed by atoms with E-state index in [4.69, 9.17) is 0 Å². The summed E-state index contributed by atoms with van der Waals surface area (Å²) in [6.07, 6.45) is 0. The number of hydrogen-bond acceptors (Lipinski definition) is 6. The van der Waals surface area contributed by atoms with Crippen LogP contribution in [0.4, 0.5) is 11.4 Å².